The molecule has 19 heavy (non-hydrogen) atoms. The first kappa shape index (κ1) is 13.8. The van der Waals surface area contributed by atoms with Crippen LogP contribution in [0.5, 0.6) is 11.6 Å². The third-order valence-electron chi connectivity index (χ3n) is 2.68. The summed E-state index contributed by atoms with van der Waals surface area (Å²) >= 11 is 6.14. The van der Waals surface area contributed by atoms with Gasteiger partial charge >= 0.3 is 0 Å². The van der Waals surface area contributed by atoms with E-state index in [9.17, 15) is 0 Å². The first-order chi connectivity index (χ1) is 9.19. The standard InChI is InChI=1S/C15H17ClN2O/c1-3-17-10-12-6-7-18-15(9-12)19-14-5-4-11(2)8-13(14)16/h4-9,17H,3,10H2,1-2H3. The maximum absolute atomic E-state index is 6.14. The summed E-state index contributed by atoms with van der Waals surface area (Å²) in [5.41, 5.74) is 2.24. The van der Waals surface area contributed by atoms with Crippen LogP contribution in [0.3, 0.4) is 0 Å². The number of halogens is 1. The van der Waals surface area contributed by atoms with Gasteiger partial charge in [-0.1, -0.05) is 24.6 Å². The summed E-state index contributed by atoms with van der Waals surface area (Å²) in [6.07, 6.45) is 1.74. The number of rotatable bonds is 5. The van der Waals surface area contributed by atoms with Gasteiger partial charge in [-0.3, -0.25) is 0 Å². The molecule has 0 aliphatic rings. The van der Waals surface area contributed by atoms with Crippen LogP contribution in [-0.4, -0.2) is 11.5 Å². The number of ether oxygens (including phenoxy) is 1. The van der Waals surface area contributed by atoms with E-state index >= 15 is 0 Å². The molecule has 4 heteroatoms. The lowest BCUT2D eigenvalue weighted by Gasteiger charge is -2.08. The van der Waals surface area contributed by atoms with Crippen LogP contribution in [0, 0.1) is 6.92 Å². The number of aryl methyl sites for hydroxylation is 1. The summed E-state index contributed by atoms with van der Waals surface area (Å²) < 4.78 is 5.71. The van der Waals surface area contributed by atoms with Crippen LogP contribution < -0.4 is 10.1 Å². The molecule has 2 rings (SSSR count). The van der Waals surface area contributed by atoms with Gasteiger partial charge in [-0.25, -0.2) is 4.98 Å². The fourth-order valence-electron chi connectivity index (χ4n) is 1.69. The summed E-state index contributed by atoms with van der Waals surface area (Å²) in [5.74, 6) is 1.18. The van der Waals surface area contributed by atoms with Gasteiger partial charge in [0.2, 0.25) is 5.88 Å². The minimum absolute atomic E-state index is 0.557. The van der Waals surface area contributed by atoms with Crippen LogP contribution in [0.4, 0.5) is 0 Å². The van der Waals surface area contributed by atoms with E-state index in [2.05, 4.69) is 17.2 Å². The molecular formula is C15H17ClN2O. The average molecular weight is 277 g/mol. The zero-order chi connectivity index (χ0) is 13.7. The van der Waals surface area contributed by atoms with Crippen molar-refractivity contribution < 1.29 is 4.74 Å². The second kappa shape index (κ2) is 6.55. The molecule has 1 aromatic heterocycles. The predicted octanol–water partition coefficient (Wildman–Crippen LogP) is 3.95. The molecule has 0 aliphatic carbocycles. The lowest BCUT2D eigenvalue weighted by Crippen LogP contribution is -2.11. The molecule has 0 radical (unpaired) electrons. The Morgan fingerprint density at radius 1 is 1.26 bits per heavy atom. The van der Waals surface area contributed by atoms with E-state index in [4.69, 9.17) is 16.3 Å². The predicted molar refractivity (Wildman–Crippen MR) is 77.9 cm³/mol. The number of nitrogens with one attached hydrogen (secondary N) is 1. The molecule has 100 valence electrons. The van der Waals surface area contributed by atoms with Crippen molar-refractivity contribution in [2.45, 2.75) is 20.4 Å². The minimum atomic E-state index is 0.557. The van der Waals surface area contributed by atoms with Crippen molar-refractivity contribution in [1.29, 1.82) is 0 Å². The maximum atomic E-state index is 6.14. The van der Waals surface area contributed by atoms with Gasteiger partial charge in [0.05, 0.1) is 5.02 Å². The number of hydrogen-bond donors (Lipinski definition) is 1. The van der Waals surface area contributed by atoms with E-state index in [0.29, 0.717) is 16.7 Å². The largest absolute Gasteiger partial charge is 0.437 e. The monoisotopic (exact) mass is 276 g/mol. The lowest BCUT2D eigenvalue weighted by atomic mass is 10.2. The van der Waals surface area contributed by atoms with Crippen molar-refractivity contribution in [2.75, 3.05) is 6.54 Å². The van der Waals surface area contributed by atoms with Crippen LogP contribution in [-0.2, 0) is 6.54 Å². The summed E-state index contributed by atoms with van der Waals surface area (Å²) in [5, 5.41) is 3.86. The molecule has 0 bridgehead atoms. The number of pyridine rings is 1. The highest BCUT2D eigenvalue weighted by molar-refractivity contribution is 6.32. The van der Waals surface area contributed by atoms with Gasteiger partial charge in [0.15, 0.2) is 0 Å². The summed E-state index contributed by atoms with van der Waals surface area (Å²) in [4.78, 5) is 4.20. The SMILES string of the molecule is CCNCc1ccnc(Oc2ccc(C)cc2Cl)c1. The summed E-state index contributed by atoms with van der Waals surface area (Å²) in [6, 6.07) is 9.57. The zero-order valence-electron chi connectivity index (χ0n) is 11.1. The van der Waals surface area contributed by atoms with E-state index in [1.807, 2.05) is 37.3 Å². The summed E-state index contributed by atoms with van der Waals surface area (Å²) in [7, 11) is 0. The molecule has 1 aromatic carbocycles. The van der Waals surface area contributed by atoms with Gasteiger partial charge in [-0.05, 0) is 42.8 Å². The third kappa shape index (κ3) is 3.94. The minimum Gasteiger partial charge on any atom is -0.437 e. The summed E-state index contributed by atoms with van der Waals surface area (Å²) in [6.45, 7) is 5.80. The molecule has 0 atom stereocenters. The average Bonchev–Trinajstić information content (AvgIpc) is 2.40. The Kier molecular flexibility index (Phi) is 4.77. The molecule has 0 fully saturated rings. The Labute approximate surface area is 118 Å². The van der Waals surface area contributed by atoms with Gasteiger partial charge in [0.25, 0.3) is 0 Å². The van der Waals surface area contributed by atoms with Gasteiger partial charge in [0, 0.05) is 18.8 Å². The van der Waals surface area contributed by atoms with Crippen LogP contribution in [0.1, 0.15) is 18.1 Å². The van der Waals surface area contributed by atoms with Crippen molar-refractivity contribution >= 4 is 11.6 Å². The maximum Gasteiger partial charge on any atom is 0.219 e. The quantitative estimate of drug-likeness (QED) is 0.898. The number of benzene rings is 1. The second-order valence-corrected chi connectivity index (χ2v) is 4.73. The molecular weight excluding hydrogens is 260 g/mol. The first-order valence-electron chi connectivity index (χ1n) is 6.28. The third-order valence-corrected chi connectivity index (χ3v) is 2.98. The Bertz CT molecular complexity index is 558. The number of hydrogen-bond acceptors (Lipinski definition) is 3. The highest BCUT2D eigenvalue weighted by Gasteiger charge is 2.05. The van der Waals surface area contributed by atoms with E-state index in [1.165, 1.54) is 0 Å². The van der Waals surface area contributed by atoms with Crippen LogP contribution in [0.25, 0.3) is 0 Å². The van der Waals surface area contributed by atoms with Crippen molar-refractivity contribution in [3.63, 3.8) is 0 Å². The van der Waals surface area contributed by atoms with Gasteiger partial charge in [0.1, 0.15) is 5.75 Å². The highest BCUT2D eigenvalue weighted by Crippen LogP contribution is 2.29. The second-order valence-electron chi connectivity index (χ2n) is 4.32. The Morgan fingerprint density at radius 3 is 2.84 bits per heavy atom. The Hall–Kier alpha value is -1.58. The molecule has 2 aromatic rings. The van der Waals surface area contributed by atoms with Crippen molar-refractivity contribution in [3.05, 3.63) is 52.7 Å². The lowest BCUT2D eigenvalue weighted by molar-refractivity contribution is 0.462. The van der Waals surface area contributed by atoms with E-state index < -0.39 is 0 Å². The van der Waals surface area contributed by atoms with E-state index in [0.717, 1.165) is 24.2 Å². The highest BCUT2D eigenvalue weighted by atomic mass is 35.5. The van der Waals surface area contributed by atoms with E-state index in [-0.39, 0.29) is 0 Å². The zero-order valence-corrected chi connectivity index (χ0v) is 11.9. The number of nitrogens with zero attached hydrogens (tertiary/aromatic N) is 1. The normalized spacial score (nSPS) is 10.5. The molecule has 0 saturated carbocycles. The molecule has 0 unspecified atom stereocenters. The molecule has 0 aliphatic heterocycles. The molecule has 0 saturated heterocycles. The fourth-order valence-corrected chi connectivity index (χ4v) is 1.96. The molecule has 1 N–H and O–H groups in total. The van der Waals surface area contributed by atoms with Gasteiger partial charge in [-0.15, -0.1) is 0 Å². The smallest absolute Gasteiger partial charge is 0.219 e. The Balaban J connectivity index is 2.14. The number of aromatic nitrogens is 1. The molecule has 0 amide bonds. The molecule has 1 heterocycles. The van der Waals surface area contributed by atoms with Crippen LogP contribution in [0.15, 0.2) is 36.5 Å². The van der Waals surface area contributed by atoms with Gasteiger partial charge < -0.3 is 10.1 Å². The first-order valence-corrected chi connectivity index (χ1v) is 6.66. The fraction of sp³-hybridized carbons (Fsp3) is 0.267. The van der Waals surface area contributed by atoms with Crippen LogP contribution in [0.2, 0.25) is 5.02 Å². The van der Waals surface area contributed by atoms with Crippen molar-refractivity contribution in [1.82, 2.24) is 10.3 Å². The van der Waals surface area contributed by atoms with Gasteiger partial charge in [-0.2, -0.15) is 0 Å². The Morgan fingerprint density at radius 2 is 2.11 bits per heavy atom. The van der Waals surface area contributed by atoms with E-state index in [1.54, 1.807) is 6.20 Å². The topological polar surface area (TPSA) is 34.2 Å². The molecule has 0 spiro atoms. The van der Waals surface area contributed by atoms with Crippen LogP contribution >= 0.6 is 11.6 Å². The molecule has 3 nitrogen and oxygen atoms in total. The van der Waals surface area contributed by atoms with Crippen molar-refractivity contribution in [2.24, 2.45) is 0 Å². The van der Waals surface area contributed by atoms with Crippen molar-refractivity contribution in [3.8, 4) is 11.6 Å².